The van der Waals surface area contributed by atoms with Gasteiger partial charge in [0.05, 0.1) is 5.52 Å². The molecule has 0 fully saturated rings. The highest BCUT2D eigenvalue weighted by Gasteiger charge is 2.14. The number of H-pyrrole nitrogens is 1. The van der Waals surface area contributed by atoms with E-state index < -0.39 is 11.6 Å². The van der Waals surface area contributed by atoms with Crippen LogP contribution in [0.5, 0.6) is 0 Å². The van der Waals surface area contributed by atoms with Crippen LogP contribution in [0.25, 0.3) is 11.0 Å². The maximum absolute atomic E-state index is 13.6. The summed E-state index contributed by atoms with van der Waals surface area (Å²) >= 11 is 5.16. The van der Waals surface area contributed by atoms with Crippen LogP contribution in [0.15, 0.2) is 12.1 Å². The molecule has 1 aromatic carbocycles. The molecule has 0 radical (unpaired) electrons. The van der Waals surface area contributed by atoms with Gasteiger partial charge < -0.3 is 9.55 Å². The minimum atomic E-state index is -0.603. The van der Waals surface area contributed by atoms with Crippen LogP contribution in [0.2, 0.25) is 0 Å². The highest BCUT2D eigenvalue weighted by Crippen LogP contribution is 2.24. The number of aromatic nitrogens is 2. The third-order valence-corrected chi connectivity index (χ3v) is 3.19. The van der Waals surface area contributed by atoms with Gasteiger partial charge in [0.25, 0.3) is 0 Å². The Hall–Kier alpha value is -1.23. The molecule has 0 aliphatic carbocycles. The highest BCUT2D eigenvalue weighted by atomic mass is 32.1. The molecule has 92 valence electrons. The van der Waals surface area contributed by atoms with Crippen molar-refractivity contribution in [1.82, 2.24) is 9.55 Å². The summed E-state index contributed by atoms with van der Waals surface area (Å²) in [7, 11) is 0. The number of fused-ring (bicyclic) bond motifs is 1. The predicted molar refractivity (Wildman–Crippen MR) is 66.7 cm³/mol. The lowest BCUT2D eigenvalue weighted by Gasteiger charge is -2.13. The first kappa shape index (κ1) is 12.2. The van der Waals surface area contributed by atoms with E-state index in [0.717, 1.165) is 18.9 Å². The zero-order valence-electron chi connectivity index (χ0n) is 9.76. The molecular formula is C12H14F2N2S. The van der Waals surface area contributed by atoms with Gasteiger partial charge in [0, 0.05) is 12.1 Å². The van der Waals surface area contributed by atoms with Gasteiger partial charge in [-0.3, -0.25) is 0 Å². The van der Waals surface area contributed by atoms with Gasteiger partial charge in [-0.25, -0.2) is 8.78 Å². The van der Waals surface area contributed by atoms with E-state index in [9.17, 15) is 8.78 Å². The topological polar surface area (TPSA) is 20.7 Å². The van der Waals surface area contributed by atoms with E-state index in [1.54, 1.807) is 4.57 Å². The standard InChI is InChI=1S/C12H14F2N2S/c1-3-4-7(2)16-10-6-8(13)5-9(14)11(10)15-12(16)17/h5-7H,3-4H2,1-2H3,(H,15,17). The Morgan fingerprint density at radius 2 is 2.12 bits per heavy atom. The molecule has 17 heavy (non-hydrogen) atoms. The maximum Gasteiger partial charge on any atom is 0.178 e. The number of hydrogen-bond donors (Lipinski definition) is 1. The summed E-state index contributed by atoms with van der Waals surface area (Å²) < 4.78 is 29.0. The van der Waals surface area contributed by atoms with Gasteiger partial charge in [0.1, 0.15) is 11.3 Å². The summed E-state index contributed by atoms with van der Waals surface area (Å²) in [5.41, 5.74) is 0.771. The Kier molecular flexibility index (Phi) is 3.28. The van der Waals surface area contributed by atoms with Crippen LogP contribution in [0.4, 0.5) is 8.78 Å². The third kappa shape index (κ3) is 2.11. The number of halogens is 2. The van der Waals surface area contributed by atoms with Crippen molar-refractivity contribution in [3.63, 3.8) is 0 Å². The Bertz CT molecular complexity index is 600. The monoisotopic (exact) mass is 256 g/mol. The normalized spacial score (nSPS) is 13.2. The molecule has 2 aromatic rings. The lowest BCUT2D eigenvalue weighted by atomic mass is 10.2. The van der Waals surface area contributed by atoms with Gasteiger partial charge in [-0.05, 0) is 31.6 Å². The van der Waals surface area contributed by atoms with Crippen molar-refractivity contribution in [3.8, 4) is 0 Å². The van der Waals surface area contributed by atoms with Crippen molar-refractivity contribution in [3.05, 3.63) is 28.5 Å². The Morgan fingerprint density at radius 1 is 1.41 bits per heavy atom. The number of imidazole rings is 1. The molecule has 2 nitrogen and oxygen atoms in total. The van der Waals surface area contributed by atoms with Crippen molar-refractivity contribution in [2.75, 3.05) is 0 Å². The molecule has 2 rings (SSSR count). The molecule has 0 saturated carbocycles. The van der Waals surface area contributed by atoms with Gasteiger partial charge in [0.15, 0.2) is 10.6 Å². The summed E-state index contributed by atoms with van der Waals surface area (Å²) in [6.07, 6.45) is 1.91. The second-order valence-corrected chi connectivity index (χ2v) is 4.61. The fourth-order valence-electron chi connectivity index (χ4n) is 2.13. The fourth-order valence-corrected chi connectivity index (χ4v) is 2.52. The smallest absolute Gasteiger partial charge is 0.178 e. The van der Waals surface area contributed by atoms with E-state index in [0.29, 0.717) is 10.3 Å². The molecule has 0 spiro atoms. The van der Waals surface area contributed by atoms with Gasteiger partial charge in [-0.1, -0.05) is 13.3 Å². The van der Waals surface area contributed by atoms with E-state index >= 15 is 0 Å². The van der Waals surface area contributed by atoms with Crippen LogP contribution in [0, 0.1) is 16.4 Å². The molecule has 1 unspecified atom stereocenters. The van der Waals surface area contributed by atoms with E-state index in [1.165, 1.54) is 6.07 Å². The molecule has 5 heteroatoms. The van der Waals surface area contributed by atoms with Crippen molar-refractivity contribution >= 4 is 23.3 Å². The van der Waals surface area contributed by atoms with E-state index in [1.807, 2.05) is 6.92 Å². The van der Waals surface area contributed by atoms with Crippen LogP contribution in [0.1, 0.15) is 32.7 Å². The zero-order chi connectivity index (χ0) is 12.6. The lowest BCUT2D eigenvalue weighted by Crippen LogP contribution is -2.04. The summed E-state index contributed by atoms with van der Waals surface area (Å²) in [6.45, 7) is 4.06. The second kappa shape index (κ2) is 4.56. The van der Waals surface area contributed by atoms with Gasteiger partial charge in [0.2, 0.25) is 0 Å². The maximum atomic E-state index is 13.6. The summed E-state index contributed by atoms with van der Waals surface area (Å²) in [4.78, 5) is 2.80. The molecule has 1 heterocycles. The van der Waals surface area contributed by atoms with E-state index in [-0.39, 0.29) is 11.6 Å². The van der Waals surface area contributed by atoms with Crippen molar-refractivity contribution < 1.29 is 8.78 Å². The number of rotatable bonds is 3. The van der Waals surface area contributed by atoms with Crippen LogP contribution < -0.4 is 0 Å². The second-order valence-electron chi connectivity index (χ2n) is 4.22. The first-order valence-electron chi connectivity index (χ1n) is 5.63. The average molecular weight is 256 g/mol. The first-order chi connectivity index (χ1) is 8.04. The molecule has 0 amide bonds. The van der Waals surface area contributed by atoms with Crippen molar-refractivity contribution in [2.45, 2.75) is 32.7 Å². The minimum Gasteiger partial charge on any atom is -0.328 e. The molecular weight excluding hydrogens is 242 g/mol. The molecule has 1 aromatic heterocycles. The zero-order valence-corrected chi connectivity index (χ0v) is 10.6. The largest absolute Gasteiger partial charge is 0.328 e. The summed E-state index contributed by atoms with van der Waals surface area (Å²) in [5.74, 6) is -1.19. The predicted octanol–water partition coefficient (Wildman–Crippen LogP) is 4.34. The lowest BCUT2D eigenvalue weighted by molar-refractivity contribution is 0.506. The first-order valence-corrected chi connectivity index (χ1v) is 6.04. The molecule has 0 aliphatic heterocycles. The quantitative estimate of drug-likeness (QED) is 0.810. The number of benzene rings is 1. The number of hydrogen-bond acceptors (Lipinski definition) is 1. The van der Waals surface area contributed by atoms with Crippen LogP contribution in [-0.2, 0) is 0 Å². The van der Waals surface area contributed by atoms with E-state index in [2.05, 4.69) is 11.9 Å². The van der Waals surface area contributed by atoms with Crippen LogP contribution >= 0.6 is 12.2 Å². The van der Waals surface area contributed by atoms with E-state index in [4.69, 9.17) is 12.2 Å². The van der Waals surface area contributed by atoms with Gasteiger partial charge >= 0.3 is 0 Å². The van der Waals surface area contributed by atoms with Gasteiger partial charge in [-0.15, -0.1) is 0 Å². The average Bonchev–Trinajstić information content (AvgIpc) is 2.55. The number of nitrogens with one attached hydrogen (secondary N) is 1. The minimum absolute atomic E-state index is 0.127. The highest BCUT2D eigenvalue weighted by molar-refractivity contribution is 7.71. The van der Waals surface area contributed by atoms with Crippen LogP contribution in [0.3, 0.4) is 0 Å². The van der Waals surface area contributed by atoms with Crippen molar-refractivity contribution in [1.29, 1.82) is 0 Å². The molecule has 0 saturated heterocycles. The number of nitrogens with zero attached hydrogens (tertiary/aromatic N) is 1. The summed E-state index contributed by atoms with van der Waals surface area (Å²) in [6, 6.07) is 2.31. The third-order valence-electron chi connectivity index (χ3n) is 2.89. The Balaban J connectivity index is 2.70. The Labute approximate surface area is 103 Å². The van der Waals surface area contributed by atoms with Crippen LogP contribution in [-0.4, -0.2) is 9.55 Å². The Morgan fingerprint density at radius 3 is 2.76 bits per heavy atom. The fraction of sp³-hybridized carbons (Fsp3) is 0.417. The van der Waals surface area contributed by atoms with Gasteiger partial charge in [-0.2, -0.15) is 0 Å². The van der Waals surface area contributed by atoms with Crippen molar-refractivity contribution in [2.24, 2.45) is 0 Å². The summed E-state index contributed by atoms with van der Waals surface area (Å²) in [5, 5.41) is 0. The molecule has 0 bridgehead atoms. The molecule has 1 N–H and O–H groups in total. The number of aromatic amines is 1. The molecule has 1 atom stereocenters. The SMILES string of the molecule is CCCC(C)n1c(=S)[nH]c2c(F)cc(F)cc21. The molecule has 0 aliphatic rings.